The Bertz CT molecular complexity index is 1220. The van der Waals surface area contributed by atoms with Crippen molar-refractivity contribution in [3.8, 4) is 11.5 Å². The van der Waals surface area contributed by atoms with Crippen molar-refractivity contribution in [2.45, 2.75) is 38.2 Å². The second kappa shape index (κ2) is 10.4. The molecule has 2 N–H and O–H groups in total. The molecule has 33 heavy (non-hydrogen) atoms. The van der Waals surface area contributed by atoms with Crippen LogP contribution in [0.1, 0.15) is 24.5 Å². The first kappa shape index (κ1) is 24.1. The predicted molar refractivity (Wildman–Crippen MR) is 129 cm³/mol. The molecule has 0 aliphatic rings. The summed E-state index contributed by atoms with van der Waals surface area (Å²) in [5.74, 6) is 0.827. The number of sulfonamides is 1. The normalized spacial score (nSPS) is 12.0. The molecule has 1 unspecified atom stereocenters. The lowest BCUT2D eigenvalue weighted by Crippen LogP contribution is -2.32. The van der Waals surface area contributed by atoms with Gasteiger partial charge in [-0.1, -0.05) is 19.1 Å². The first-order valence-electron chi connectivity index (χ1n) is 10.5. The van der Waals surface area contributed by atoms with Crippen molar-refractivity contribution in [3.05, 3.63) is 77.9 Å². The standard InChI is InChI=1S/C25H28N2O5S/c1-5-24(32-22-8-6-7-21(16-22)31-4)25(28)26-19-11-13-23(14-12-19)33(29,30)27-20-10-9-17(2)18(3)15-20/h6-16,24,27H,5H2,1-4H3,(H,26,28). The Morgan fingerprint density at radius 2 is 1.58 bits per heavy atom. The second-order valence-electron chi connectivity index (χ2n) is 7.61. The number of hydrogen-bond acceptors (Lipinski definition) is 5. The molecule has 0 aromatic heterocycles. The van der Waals surface area contributed by atoms with Gasteiger partial charge in [-0.15, -0.1) is 0 Å². The summed E-state index contributed by atoms with van der Waals surface area (Å²) >= 11 is 0. The van der Waals surface area contributed by atoms with Gasteiger partial charge in [-0.05, 0) is 79.9 Å². The average molecular weight is 469 g/mol. The van der Waals surface area contributed by atoms with E-state index < -0.39 is 16.1 Å². The second-order valence-corrected chi connectivity index (χ2v) is 9.29. The minimum atomic E-state index is -3.76. The van der Waals surface area contributed by atoms with E-state index in [1.165, 1.54) is 12.1 Å². The lowest BCUT2D eigenvalue weighted by atomic mass is 10.1. The van der Waals surface area contributed by atoms with E-state index in [4.69, 9.17) is 9.47 Å². The van der Waals surface area contributed by atoms with Gasteiger partial charge in [0.1, 0.15) is 11.5 Å². The summed E-state index contributed by atoms with van der Waals surface area (Å²) in [4.78, 5) is 12.8. The van der Waals surface area contributed by atoms with Crippen LogP contribution in [0.25, 0.3) is 0 Å². The van der Waals surface area contributed by atoms with Crippen LogP contribution in [0.15, 0.2) is 71.6 Å². The molecule has 1 amide bonds. The van der Waals surface area contributed by atoms with E-state index in [1.807, 2.05) is 26.8 Å². The van der Waals surface area contributed by atoms with E-state index in [0.29, 0.717) is 29.3 Å². The Labute approximate surface area is 194 Å². The Morgan fingerprint density at radius 1 is 0.909 bits per heavy atom. The molecule has 1 atom stereocenters. The molecule has 0 aliphatic heterocycles. The zero-order valence-electron chi connectivity index (χ0n) is 19.1. The zero-order chi connectivity index (χ0) is 24.0. The summed E-state index contributed by atoms with van der Waals surface area (Å²) < 4.78 is 39.0. The lowest BCUT2D eigenvalue weighted by molar-refractivity contribution is -0.122. The van der Waals surface area contributed by atoms with E-state index in [1.54, 1.807) is 55.6 Å². The van der Waals surface area contributed by atoms with Crippen molar-refractivity contribution in [2.24, 2.45) is 0 Å². The Morgan fingerprint density at radius 3 is 2.21 bits per heavy atom. The van der Waals surface area contributed by atoms with E-state index >= 15 is 0 Å². The highest BCUT2D eigenvalue weighted by molar-refractivity contribution is 7.92. The van der Waals surface area contributed by atoms with Crippen LogP contribution in [0.2, 0.25) is 0 Å². The van der Waals surface area contributed by atoms with Gasteiger partial charge in [0.15, 0.2) is 6.10 Å². The zero-order valence-corrected chi connectivity index (χ0v) is 19.9. The first-order chi connectivity index (χ1) is 15.7. The van der Waals surface area contributed by atoms with Crippen LogP contribution in [0.5, 0.6) is 11.5 Å². The van der Waals surface area contributed by atoms with Crippen molar-refractivity contribution < 1.29 is 22.7 Å². The molecule has 0 heterocycles. The van der Waals surface area contributed by atoms with Gasteiger partial charge in [-0.2, -0.15) is 0 Å². The minimum absolute atomic E-state index is 0.0957. The fourth-order valence-electron chi connectivity index (χ4n) is 3.12. The highest BCUT2D eigenvalue weighted by Gasteiger charge is 2.20. The minimum Gasteiger partial charge on any atom is -0.497 e. The van der Waals surface area contributed by atoms with Crippen LogP contribution in [-0.4, -0.2) is 27.5 Å². The maximum atomic E-state index is 12.7. The van der Waals surface area contributed by atoms with Gasteiger partial charge in [0.25, 0.3) is 15.9 Å². The van der Waals surface area contributed by atoms with Crippen molar-refractivity contribution in [1.29, 1.82) is 0 Å². The van der Waals surface area contributed by atoms with Crippen LogP contribution >= 0.6 is 0 Å². The molecule has 0 aliphatic carbocycles. The van der Waals surface area contributed by atoms with Crippen molar-refractivity contribution >= 4 is 27.3 Å². The van der Waals surface area contributed by atoms with Gasteiger partial charge in [-0.3, -0.25) is 9.52 Å². The molecule has 174 valence electrons. The van der Waals surface area contributed by atoms with E-state index in [0.717, 1.165) is 11.1 Å². The summed E-state index contributed by atoms with van der Waals surface area (Å²) in [5, 5.41) is 2.77. The molecule has 0 saturated carbocycles. The summed E-state index contributed by atoms with van der Waals surface area (Å²) in [6.07, 6.45) is -0.262. The Hall–Kier alpha value is -3.52. The molecular weight excluding hydrogens is 440 g/mol. The number of nitrogens with one attached hydrogen (secondary N) is 2. The predicted octanol–water partition coefficient (Wildman–Crippen LogP) is 4.91. The third kappa shape index (κ3) is 6.26. The quantitative estimate of drug-likeness (QED) is 0.465. The smallest absolute Gasteiger partial charge is 0.265 e. The number of aryl methyl sites for hydroxylation is 2. The monoisotopic (exact) mass is 468 g/mol. The Kier molecular flexibility index (Phi) is 7.60. The van der Waals surface area contributed by atoms with Crippen LogP contribution in [0.4, 0.5) is 11.4 Å². The van der Waals surface area contributed by atoms with Crippen LogP contribution in [0.3, 0.4) is 0 Å². The molecule has 0 bridgehead atoms. The summed E-state index contributed by atoms with van der Waals surface area (Å²) in [5.41, 5.74) is 3.04. The van der Waals surface area contributed by atoms with Crippen LogP contribution in [-0.2, 0) is 14.8 Å². The number of anilines is 2. The van der Waals surface area contributed by atoms with Gasteiger partial charge in [0, 0.05) is 17.4 Å². The lowest BCUT2D eigenvalue weighted by Gasteiger charge is -2.18. The molecule has 3 aromatic carbocycles. The molecular formula is C25H28N2O5S. The third-order valence-corrected chi connectivity index (χ3v) is 6.57. The van der Waals surface area contributed by atoms with Gasteiger partial charge >= 0.3 is 0 Å². The molecule has 0 radical (unpaired) electrons. The molecule has 0 fully saturated rings. The number of rotatable bonds is 9. The molecule has 3 aromatic rings. The van der Waals surface area contributed by atoms with Gasteiger partial charge < -0.3 is 14.8 Å². The average Bonchev–Trinajstić information content (AvgIpc) is 2.80. The van der Waals surface area contributed by atoms with Crippen LogP contribution < -0.4 is 19.5 Å². The summed E-state index contributed by atoms with van der Waals surface area (Å²) in [7, 11) is -2.20. The largest absolute Gasteiger partial charge is 0.497 e. The summed E-state index contributed by atoms with van der Waals surface area (Å²) in [6.45, 7) is 5.73. The molecule has 3 rings (SSSR count). The third-order valence-electron chi connectivity index (χ3n) is 5.17. The highest BCUT2D eigenvalue weighted by Crippen LogP contribution is 2.23. The van der Waals surface area contributed by atoms with Gasteiger partial charge in [0.2, 0.25) is 0 Å². The molecule has 0 saturated heterocycles. The maximum absolute atomic E-state index is 12.7. The number of amides is 1. The number of carbonyl (C=O) groups excluding carboxylic acids is 1. The highest BCUT2D eigenvalue weighted by atomic mass is 32.2. The van der Waals surface area contributed by atoms with E-state index in [9.17, 15) is 13.2 Å². The van der Waals surface area contributed by atoms with Crippen molar-refractivity contribution in [3.63, 3.8) is 0 Å². The maximum Gasteiger partial charge on any atom is 0.265 e. The topological polar surface area (TPSA) is 93.7 Å². The van der Waals surface area contributed by atoms with Crippen molar-refractivity contribution in [1.82, 2.24) is 0 Å². The van der Waals surface area contributed by atoms with E-state index in [-0.39, 0.29) is 10.8 Å². The fourth-order valence-corrected chi connectivity index (χ4v) is 4.17. The Balaban J connectivity index is 1.67. The molecule has 8 heteroatoms. The number of ether oxygens (including phenoxy) is 2. The van der Waals surface area contributed by atoms with Gasteiger partial charge in [-0.25, -0.2) is 8.42 Å². The van der Waals surface area contributed by atoms with Gasteiger partial charge in [0.05, 0.1) is 12.0 Å². The SMILES string of the molecule is CCC(Oc1cccc(OC)c1)C(=O)Nc1ccc(S(=O)(=O)Nc2ccc(C)c(C)c2)cc1. The number of carbonyl (C=O) groups is 1. The number of hydrogen-bond donors (Lipinski definition) is 2. The molecule has 0 spiro atoms. The fraction of sp³-hybridized carbons (Fsp3) is 0.240. The van der Waals surface area contributed by atoms with E-state index in [2.05, 4.69) is 10.0 Å². The first-order valence-corrected chi connectivity index (χ1v) is 12.0. The number of methoxy groups -OCH3 is 1. The van der Waals surface area contributed by atoms with Crippen LogP contribution in [0, 0.1) is 13.8 Å². The molecule has 7 nitrogen and oxygen atoms in total. The summed E-state index contributed by atoms with van der Waals surface area (Å²) in [6, 6.07) is 18.4. The number of benzene rings is 3. The van der Waals surface area contributed by atoms with Crippen molar-refractivity contribution in [2.75, 3.05) is 17.1 Å².